The number of benzene rings is 2. The van der Waals surface area contributed by atoms with Crippen LogP contribution in [0.1, 0.15) is 13.8 Å². The van der Waals surface area contributed by atoms with Crippen molar-refractivity contribution in [3.05, 3.63) is 66.9 Å². The van der Waals surface area contributed by atoms with Gasteiger partial charge < -0.3 is 14.6 Å². The molecule has 0 spiro atoms. The summed E-state index contributed by atoms with van der Waals surface area (Å²) in [6.45, 7) is 6.32. The third-order valence-electron chi connectivity index (χ3n) is 4.60. The van der Waals surface area contributed by atoms with Crippen molar-refractivity contribution in [2.75, 3.05) is 23.3 Å². The molecule has 0 saturated heterocycles. The van der Waals surface area contributed by atoms with Crippen LogP contribution in [-0.2, 0) is 0 Å². The molecule has 0 bridgehead atoms. The first-order chi connectivity index (χ1) is 13.3. The van der Waals surface area contributed by atoms with Crippen LogP contribution in [0.2, 0.25) is 0 Å². The third-order valence-corrected chi connectivity index (χ3v) is 4.60. The Bertz CT molecular complexity index is 1020. The van der Waals surface area contributed by atoms with Gasteiger partial charge in [0.25, 0.3) is 0 Å². The van der Waals surface area contributed by atoms with Crippen LogP contribution in [0, 0.1) is 0 Å². The molecule has 27 heavy (non-hydrogen) atoms. The van der Waals surface area contributed by atoms with E-state index in [1.54, 1.807) is 6.26 Å². The molecule has 0 aliphatic heterocycles. The molecule has 0 radical (unpaired) electrons. The maximum Gasteiger partial charge on any atom is 0.198 e. The number of para-hydroxylation sites is 1. The molecule has 0 amide bonds. The van der Waals surface area contributed by atoms with E-state index in [1.807, 2.05) is 36.4 Å². The molecule has 5 nitrogen and oxygen atoms in total. The topological polar surface area (TPSA) is 54.2 Å². The normalized spacial score (nSPS) is 10.9. The average molecular weight is 358 g/mol. The molecule has 0 saturated carbocycles. The number of nitrogens with zero attached hydrogens (tertiary/aromatic N) is 3. The van der Waals surface area contributed by atoms with Crippen molar-refractivity contribution < 1.29 is 4.42 Å². The van der Waals surface area contributed by atoms with Crippen molar-refractivity contribution >= 4 is 28.1 Å². The van der Waals surface area contributed by atoms with Crippen LogP contribution in [0.3, 0.4) is 0 Å². The summed E-state index contributed by atoms with van der Waals surface area (Å²) in [4.78, 5) is 11.6. The first kappa shape index (κ1) is 17.1. The lowest BCUT2D eigenvalue weighted by atomic mass is 10.2. The lowest BCUT2D eigenvalue weighted by Gasteiger charge is -2.21. The van der Waals surface area contributed by atoms with Gasteiger partial charge in [0.2, 0.25) is 0 Å². The summed E-state index contributed by atoms with van der Waals surface area (Å²) >= 11 is 0. The Morgan fingerprint density at radius 1 is 0.889 bits per heavy atom. The van der Waals surface area contributed by atoms with Gasteiger partial charge in [-0.3, -0.25) is 0 Å². The molecule has 5 heteroatoms. The number of fused-ring (bicyclic) bond motifs is 1. The first-order valence-corrected chi connectivity index (χ1v) is 9.21. The number of furan rings is 1. The summed E-state index contributed by atoms with van der Waals surface area (Å²) in [5, 5.41) is 4.41. The zero-order chi connectivity index (χ0) is 18.6. The number of aromatic nitrogens is 2. The van der Waals surface area contributed by atoms with Crippen molar-refractivity contribution in [1.29, 1.82) is 0 Å². The molecule has 4 rings (SSSR count). The number of nitrogens with one attached hydrogen (secondary N) is 1. The molecule has 0 aliphatic rings. The van der Waals surface area contributed by atoms with E-state index >= 15 is 0 Å². The number of hydrogen-bond donors (Lipinski definition) is 1. The minimum atomic E-state index is 0.570. The zero-order valence-corrected chi connectivity index (χ0v) is 15.5. The van der Waals surface area contributed by atoms with Gasteiger partial charge in [0.15, 0.2) is 11.6 Å². The van der Waals surface area contributed by atoms with Crippen LogP contribution < -0.4 is 10.2 Å². The second-order valence-electron chi connectivity index (χ2n) is 6.23. The van der Waals surface area contributed by atoms with Crippen molar-refractivity contribution in [3.63, 3.8) is 0 Å². The highest BCUT2D eigenvalue weighted by Crippen LogP contribution is 2.28. The minimum Gasteiger partial charge on any atom is -0.461 e. The molecule has 0 unspecified atom stereocenters. The van der Waals surface area contributed by atoms with E-state index < -0.39 is 0 Å². The monoisotopic (exact) mass is 358 g/mol. The van der Waals surface area contributed by atoms with Crippen molar-refractivity contribution in [2.24, 2.45) is 0 Å². The van der Waals surface area contributed by atoms with E-state index in [4.69, 9.17) is 9.40 Å². The summed E-state index contributed by atoms with van der Waals surface area (Å²) in [7, 11) is 0. The molecule has 0 aliphatic carbocycles. The Kier molecular flexibility index (Phi) is 4.75. The van der Waals surface area contributed by atoms with Crippen LogP contribution in [-0.4, -0.2) is 23.1 Å². The molecule has 2 aromatic carbocycles. The van der Waals surface area contributed by atoms with E-state index in [9.17, 15) is 0 Å². The Morgan fingerprint density at radius 3 is 2.37 bits per heavy atom. The van der Waals surface area contributed by atoms with Gasteiger partial charge >= 0.3 is 0 Å². The number of hydrogen-bond acceptors (Lipinski definition) is 5. The molecule has 0 fully saturated rings. The fourth-order valence-electron chi connectivity index (χ4n) is 3.17. The van der Waals surface area contributed by atoms with Crippen LogP contribution >= 0.6 is 0 Å². The molecule has 2 aromatic heterocycles. The Morgan fingerprint density at radius 2 is 1.67 bits per heavy atom. The summed E-state index contributed by atoms with van der Waals surface area (Å²) in [6.07, 6.45) is 1.63. The summed E-state index contributed by atoms with van der Waals surface area (Å²) < 4.78 is 5.48. The third kappa shape index (κ3) is 3.49. The van der Waals surface area contributed by atoms with E-state index in [1.165, 1.54) is 5.69 Å². The largest absolute Gasteiger partial charge is 0.461 e. The van der Waals surface area contributed by atoms with Gasteiger partial charge in [0.1, 0.15) is 5.82 Å². The smallest absolute Gasteiger partial charge is 0.198 e. The van der Waals surface area contributed by atoms with Gasteiger partial charge in [-0.2, -0.15) is 0 Å². The number of rotatable bonds is 6. The highest BCUT2D eigenvalue weighted by atomic mass is 16.3. The van der Waals surface area contributed by atoms with Gasteiger partial charge in [-0.05, 0) is 62.4 Å². The molecule has 2 heterocycles. The van der Waals surface area contributed by atoms with Gasteiger partial charge in [-0.25, -0.2) is 9.97 Å². The number of anilines is 3. The molecule has 0 atom stereocenters. The van der Waals surface area contributed by atoms with Gasteiger partial charge in [0.05, 0.1) is 11.8 Å². The first-order valence-electron chi connectivity index (χ1n) is 9.21. The van der Waals surface area contributed by atoms with Crippen molar-refractivity contribution in [2.45, 2.75) is 13.8 Å². The summed E-state index contributed by atoms with van der Waals surface area (Å²) in [6, 6.07) is 20.1. The van der Waals surface area contributed by atoms with Crippen LogP contribution in [0.15, 0.2) is 71.3 Å². The second-order valence-corrected chi connectivity index (χ2v) is 6.23. The van der Waals surface area contributed by atoms with Crippen LogP contribution in [0.25, 0.3) is 22.5 Å². The van der Waals surface area contributed by atoms with Crippen LogP contribution in [0.4, 0.5) is 17.2 Å². The fourth-order valence-corrected chi connectivity index (χ4v) is 3.17. The Hall–Kier alpha value is -3.34. The zero-order valence-electron chi connectivity index (χ0n) is 15.5. The predicted octanol–water partition coefficient (Wildman–Crippen LogP) is 5.48. The van der Waals surface area contributed by atoms with Crippen LogP contribution in [0.5, 0.6) is 0 Å². The van der Waals surface area contributed by atoms with Gasteiger partial charge in [-0.15, -0.1) is 0 Å². The SMILES string of the molecule is CCN(CC)c1ccc(Nc2nc(-c3ccco3)nc3ccccc23)cc1. The standard InChI is InChI=1S/C22H22N4O/c1-3-26(4-2)17-13-11-16(12-14-17)23-21-18-8-5-6-9-19(18)24-22(25-21)20-10-7-15-27-20/h5-15H,3-4H2,1-2H3,(H,23,24,25). The maximum absolute atomic E-state index is 5.48. The minimum absolute atomic E-state index is 0.570. The Labute approximate surface area is 158 Å². The van der Waals surface area contributed by atoms with E-state index in [0.717, 1.165) is 35.5 Å². The highest BCUT2D eigenvalue weighted by Gasteiger charge is 2.11. The molecular weight excluding hydrogens is 336 g/mol. The molecule has 1 N–H and O–H groups in total. The molecule has 136 valence electrons. The van der Waals surface area contributed by atoms with Crippen molar-refractivity contribution in [3.8, 4) is 11.6 Å². The highest BCUT2D eigenvalue weighted by molar-refractivity contribution is 5.92. The lowest BCUT2D eigenvalue weighted by molar-refractivity contribution is 0.577. The van der Waals surface area contributed by atoms with Gasteiger partial charge in [0, 0.05) is 29.9 Å². The second kappa shape index (κ2) is 7.50. The van der Waals surface area contributed by atoms with E-state index in [-0.39, 0.29) is 0 Å². The van der Waals surface area contributed by atoms with E-state index in [0.29, 0.717) is 11.6 Å². The van der Waals surface area contributed by atoms with Crippen molar-refractivity contribution in [1.82, 2.24) is 9.97 Å². The lowest BCUT2D eigenvalue weighted by Crippen LogP contribution is -2.21. The molecular formula is C22H22N4O. The summed E-state index contributed by atoms with van der Waals surface area (Å²) in [5.74, 6) is 1.99. The fraction of sp³-hybridized carbons (Fsp3) is 0.182. The Balaban J connectivity index is 1.71. The average Bonchev–Trinajstić information content (AvgIpc) is 3.25. The van der Waals surface area contributed by atoms with E-state index in [2.05, 4.69) is 53.3 Å². The van der Waals surface area contributed by atoms with Gasteiger partial charge in [-0.1, -0.05) is 12.1 Å². The summed E-state index contributed by atoms with van der Waals surface area (Å²) in [5.41, 5.74) is 3.08. The molecule has 4 aromatic rings. The quantitative estimate of drug-likeness (QED) is 0.495. The predicted molar refractivity (Wildman–Crippen MR) is 111 cm³/mol. The maximum atomic E-state index is 5.48.